The molecule has 374 valence electrons. The van der Waals surface area contributed by atoms with Crippen molar-refractivity contribution in [2.24, 2.45) is 0 Å². The lowest BCUT2D eigenvalue weighted by Gasteiger charge is -2.22. The van der Waals surface area contributed by atoms with Gasteiger partial charge in [0.25, 0.3) is 0 Å². The molecule has 6 nitrogen and oxygen atoms in total. The number of aliphatic hydroxyl groups excluding tert-OH is 2. The van der Waals surface area contributed by atoms with Crippen LogP contribution in [0.2, 0.25) is 0 Å². The second-order valence-corrected chi connectivity index (χ2v) is 19.6. The van der Waals surface area contributed by atoms with Gasteiger partial charge in [-0.3, -0.25) is 9.59 Å². The van der Waals surface area contributed by atoms with Gasteiger partial charge in [0.15, 0.2) is 0 Å². The minimum absolute atomic E-state index is 0.00303. The standard InChI is InChI=1S/C57H111NO5/c1-3-5-7-9-11-13-15-26-31-35-39-43-47-51-57(62)63-52-48-44-40-36-32-28-25-23-21-19-17-18-20-22-24-27-30-34-38-42-46-50-56(61)58-54(53-59)55(60)49-45-41-37-33-29-16-14-12-10-8-6-4-2/h13,15,54-55,59-60H,3-12,14,16-53H2,1-2H3,(H,58,61)/b15-13-. The second-order valence-electron chi connectivity index (χ2n) is 19.6. The summed E-state index contributed by atoms with van der Waals surface area (Å²) >= 11 is 0. The van der Waals surface area contributed by atoms with Crippen molar-refractivity contribution < 1.29 is 24.5 Å². The maximum Gasteiger partial charge on any atom is 0.305 e. The fourth-order valence-corrected chi connectivity index (χ4v) is 8.93. The van der Waals surface area contributed by atoms with Crippen LogP contribution in [0.25, 0.3) is 0 Å². The summed E-state index contributed by atoms with van der Waals surface area (Å²) in [7, 11) is 0. The van der Waals surface area contributed by atoms with Gasteiger partial charge in [-0.2, -0.15) is 0 Å². The lowest BCUT2D eigenvalue weighted by molar-refractivity contribution is -0.143. The third-order valence-electron chi connectivity index (χ3n) is 13.3. The number of hydrogen-bond donors (Lipinski definition) is 3. The molecule has 0 aromatic heterocycles. The second kappa shape index (κ2) is 53.2. The monoisotopic (exact) mass is 890 g/mol. The summed E-state index contributed by atoms with van der Waals surface area (Å²) in [5.74, 6) is -0.0324. The van der Waals surface area contributed by atoms with E-state index in [4.69, 9.17) is 4.74 Å². The Bertz CT molecular complexity index is 939. The summed E-state index contributed by atoms with van der Waals surface area (Å²) in [5.41, 5.74) is 0. The molecule has 0 saturated carbocycles. The van der Waals surface area contributed by atoms with Crippen LogP contribution in [-0.4, -0.2) is 47.4 Å². The smallest absolute Gasteiger partial charge is 0.305 e. The number of amides is 1. The first kappa shape index (κ1) is 61.6. The Hall–Kier alpha value is -1.40. The van der Waals surface area contributed by atoms with E-state index < -0.39 is 12.1 Å². The SMILES string of the molecule is CCCCCC/C=C\CCCCCCCC(=O)OCCCCCCCCCCCCCCCCCCCCCCCC(=O)NC(CO)C(O)CCCCCCCCCCCCCC. The fourth-order valence-electron chi connectivity index (χ4n) is 8.93. The number of ether oxygens (including phenoxy) is 1. The zero-order valence-corrected chi connectivity index (χ0v) is 42.6. The van der Waals surface area contributed by atoms with Crippen LogP contribution in [0.15, 0.2) is 12.2 Å². The van der Waals surface area contributed by atoms with Crippen molar-refractivity contribution in [3.8, 4) is 0 Å². The number of hydrogen-bond acceptors (Lipinski definition) is 5. The molecule has 3 N–H and O–H groups in total. The minimum Gasteiger partial charge on any atom is -0.466 e. The third-order valence-corrected chi connectivity index (χ3v) is 13.3. The Morgan fingerprint density at radius 3 is 1.14 bits per heavy atom. The van der Waals surface area contributed by atoms with E-state index in [0.29, 0.717) is 25.9 Å². The van der Waals surface area contributed by atoms with Crippen LogP contribution in [0.3, 0.4) is 0 Å². The molecular formula is C57H111NO5. The molecule has 0 bridgehead atoms. The van der Waals surface area contributed by atoms with Crippen LogP contribution in [-0.2, 0) is 14.3 Å². The molecule has 0 saturated heterocycles. The molecule has 0 rings (SSSR count). The number of carbonyl (C=O) groups excluding carboxylic acids is 2. The van der Waals surface area contributed by atoms with Crippen molar-refractivity contribution in [1.82, 2.24) is 5.32 Å². The molecule has 0 spiro atoms. The van der Waals surface area contributed by atoms with E-state index in [1.54, 1.807) is 0 Å². The van der Waals surface area contributed by atoms with E-state index in [0.717, 1.165) is 44.9 Å². The predicted molar refractivity (Wildman–Crippen MR) is 273 cm³/mol. The summed E-state index contributed by atoms with van der Waals surface area (Å²) in [6.07, 6.45) is 62.0. The van der Waals surface area contributed by atoms with E-state index in [1.165, 1.54) is 238 Å². The van der Waals surface area contributed by atoms with E-state index in [1.807, 2.05) is 0 Å². The largest absolute Gasteiger partial charge is 0.466 e. The Balaban J connectivity index is 3.37. The average molecular weight is 891 g/mol. The Morgan fingerprint density at radius 2 is 0.746 bits per heavy atom. The lowest BCUT2D eigenvalue weighted by Crippen LogP contribution is -2.45. The minimum atomic E-state index is -0.663. The van der Waals surface area contributed by atoms with Gasteiger partial charge in [0, 0.05) is 12.8 Å². The molecule has 0 aromatic carbocycles. The fraction of sp³-hybridized carbons (Fsp3) is 0.930. The summed E-state index contributed by atoms with van der Waals surface area (Å²) in [6, 6.07) is -0.540. The molecule has 0 aliphatic heterocycles. The molecule has 2 atom stereocenters. The summed E-state index contributed by atoms with van der Waals surface area (Å²) in [4.78, 5) is 24.5. The summed E-state index contributed by atoms with van der Waals surface area (Å²) in [6.45, 7) is 4.94. The zero-order chi connectivity index (χ0) is 45.8. The van der Waals surface area contributed by atoms with E-state index in [9.17, 15) is 19.8 Å². The molecule has 0 heterocycles. The Morgan fingerprint density at radius 1 is 0.429 bits per heavy atom. The maximum atomic E-state index is 12.4. The molecule has 63 heavy (non-hydrogen) atoms. The Kier molecular flexibility index (Phi) is 52.0. The third kappa shape index (κ3) is 49.9. The van der Waals surface area contributed by atoms with E-state index in [-0.39, 0.29) is 18.5 Å². The van der Waals surface area contributed by atoms with Crippen LogP contribution in [0.1, 0.15) is 316 Å². The summed E-state index contributed by atoms with van der Waals surface area (Å²) in [5, 5.41) is 23.2. The van der Waals surface area contributed by atoms with Crippen LogP contribution >= 0.6 is 0 Å². The number of allylic oxidation sites excluding steroid dienone is 2. The quantitative estimate of drug-likeness (QED) is 0.0321. The van der Waals surface area contributed by atoms with Gasteiger partial charge in [0.2, 0.25) is 5.91 Å². The molecule has 1 amide bonds. The highest BCUT2D eigenvalue weighted by Gasteiger charge is 2.20. The van der Waals surface area contributed by atoms with Gasteiger partial charge in [-0.25, -0.2) is 0 Å². The molecule has 0 aromatic rings. The predicted octanol–water partition coefficient (Wildman–Crippen LogP) is 17.3. The summed E-state index contributed by atoms with van der Waals surface area (Å²) < 4.78 is 5.47. The van der Waals surface area contributed by atoms with Gasteiger partial charge in [0.05, 0.1) is 25.4 Å². The van der Waals surface area contributed by atoms with Crippen molar-refractivity contribution in [1.29, 1.82) is 0 Å². The number of esters is 1. The number of carbonyl (C=O) groups is 2. The van der Waals surface area contributed by atoms with Crippen molar-refractivity contribution >= 4 is 11.9 Å². The first-order valence-electron chi connectivity index (χ1n) is 28.4. The van der Waals surface area contributed by atoms with Crippen LogP contribution in [0, 0.1) is 0 Å². The van der Waals surface area contributed by atoms with Gasteiger partial charge < -0.3 is 20.3 Å². The highest BCUT2D eigenvalue weighted by atomic mass is 16.5. The molecule has 0 aliphatic carbocycles. The zero-order valence-electron chi connectivity index (χ0n) is 42.6. The van der Waals surface area contributed by atoms with E-state index in [2.05, 4.69) is 31.3 Å². The molecular weight excluding hydrogens is 779 g/mol. The normalized spacial score (nSPS) is 12.6. The highest BCUT2D eigenvalue weighted by molar-refractivity contribution is 5.76. The first-order valence-corrected chi connectivity index (χ1v) is 28.4. The van der Waals surface area contributed by atoms with E-state index >= 15 is 0 Å². The van der Waals surface area contributed by atoms with Gasteiger partial charge in [0.1, 0.15) is 0 Å². The molecule has 0 fully saturated rings. The average Bonchev–Trinajstić information content (AvgIpc) is 3.28. The molecule has 0 aliphatic rings. The molecule has 6 heteroatoms. The molecule has 2 unspecified atom stereocenters. The number of nitrogens with one attached hydrogen (secondary N) is 1. The maximum absolute atomic E-state index is 12.4. The van der Waals surface area contributed by atoms with Crippen molar-refractivity contribution in [2.45, 2.75) is 328 Å². The lowest BCUT2D eigenvalue weighted by atomic mass is 10.0. The number of aliphatic hydroxyl groups is 2. The van der Waals surface area contributed by atoms with Crippen LogP contribution in [0.4, 0.5) is 0 Å². The highest BCUT2D eigenvalue weighted by Crippen LogP contribution is 2.17. The first-order chi connectivity index (χ1) is 31.0. The van der Waals surface area contributed by atoms with Gasteiger partial charge >= 0.3 is 5.97 Å². The number of rotatable bonds is 53. The van der Waals surface area contributed by atoms with Gasteiger partial charge in [-0.1, -0.05) is 264 Å². The van der Waals surface area contributed by atoms with Crippen molar-refractivity contribution in [3.63, 3.8) is 0 Å². The van der Waals surface area contributed by atoms with Crippen LogP contribution in [0.5, 0.6) is 0 Å². The van der Waals surface area contributed by atoms with Crippen molar-refractivity contribution in [3.05, 3.63) is 12.2 Å². The molecule has 0 radical (unpaired) electrons. The number of unbranched alkanes of at least 4 members (excludes halogenated alkanes) is 40. The van der Waals surface area contributed by atoms with Crippen LogP contribution < -0.4 is 5.32 Å². The van der Waals surface area contributed by atoms with Gasteiger partial charge in [-0.05, 0) is 51.4 Å². The topological polar surface area (TPSA) is 95.9 Å². The Labute approximate surface area is 393 Å². The van der Waals surface area contributed by atoms with Gasteiger partial charge in [-0.15, -0.1) is 0 Å². The van der Waals surface area contributed by atoms with Crippen molar-refractivity contribution in [2.75, 3.05) is 13.2 Å².